The number of halogens is 3. The SMILES string of the molecule is CCCCCCN(F)c1cccc(F)c1F. The molecule has 0 aromatic heterocycles. The summed E-state index contributed by atoms with van der Waals surface area (Å²) >= 11 is 0. The first-order valence-corrected chi connectivity index (χ1v) is 5.54. The number of benzene rings is 1. The van der Waals surface area contributed by atoms with E-state index in [1.165, 1.54) is 12.1 Å². The first kappa shape index (κ1) is 12.9. The Morgan fingerprint density at radius 1 is 1.12 bits per heavy atom. The van der Waals surface area contributed by atoms with Crippen LogP contribution in [0.4, 0.5) is 18.9 Å². The van der Waals surface area contributed by atoms with Crippen LogP contribution in [0.15, 0.2) is 18.2 Å². The highest BCUT2D eigenvalue weighted by atomic mass is 19.2. The molecular formula is C12H16F3N. The maximum atomic E-state index is 13.4. The lowest BCUT2D eigenvalue weighted by Crippen LogP contribution is -2.15. The highest BCUT2D eigenvalue weighted by Crippen LogP contribution is 2.22. The van der Waals surface area contributed by atoms with E-state index in [4.69, 9.17) is 0 Å². The van der Waals surface area contributed by atoms with E-state index in [-0.39, 0.29) is 17.4 Å². The predicted molar refractivity (Wildman–Crippen MR) is 59.0 cm³/mol. The lowest BCUT2D eigenvalue weighted by atomic mass is 10.2. The van der Waals surface area contributed by atoms with Crippen molar-refractivity contribution >= 4 is 5.69 Å². The molecule has 1 aromatic carbocycles. The Balaban J connectivity index is 2.52. The van der Waals surface area contributed by atoms with Crippen molar-refractivity contribution in [2.75, 3.05) is 11.7 Å². The van der Waals surface area contributed by atoms with Crippen LogP contribution in [-0.2, 0) is 0 Å². The van der Waals surface area contributed by atoms with Crippen molar-refractivity contribution in [3.05, 3.63) is 29.8 Å². The lowest BCUT2D eigenvalue weighted by Gasteiger charge is -2.14. The van der Waals surface area contributed by atoms with E-state index >= 15 is 0 Å². The summed E-state index contributed by atoms with van der Waals surface area (Å²) in [6, 6.07) is 3.51. The molecule has 0 atom stereocenters. The molecular weight excluding hydrogens is 215 g/mol. The predicted octanol–water partition coefficient (Wildman–Crippen LogP) is 4.24. The molecule has 90 valence electrons. The smallest absolute Gasteiger partial charge is 0.184 e. The Labute approximate surface area is 93.8 Å². The molecule has 0 bridgehead atoms. The van der Waals surface area contributed by atoms with Crippen molar-refractivity contribution in [3.63, 3.8) is 0 Å². The minimum atomic E-state index is -1.12. The lowest BCUT2D eigenvalue weighted by molar-refractivity contribution is 0.405. The molecule has 16 heavy (non-hydrogen) atoms. The Kier molecular flexibility index (Phi) is 5.15. The van der Waals surface area contributed by atoms with Crippen LogP contribution in [-0.4, -0.2) is 6.54 Å². The van der Waals surface area contributed by atoms with Gasteiger partial charge in [0, 0.05) is 0 Å². The second kappa shape index (κ2) is 6.40. The summed E-state index contributed by atoms with van der Waals surface area (Å²) in [4.78, 5) is 0. The number of hydrogen-bond acceptors (Lipinski definition) is 1. The van der Waals surface area contributed by atoms with Crippen molar-refractivity contribution in [1.29, 1.82) is 0 Å². The van der Waals surface area contributed by atoms with E-state index in [1.54, 1.807) is 0 Å². The normalized spacial score (nSPS) is 10.5. The molecule has 0 spiro atoms. The van der Waals surface area contributed by atoms with Gasteiger partial charge in [-0.15, -0.1) is 0 Å². The number of nitrogens with zero attached hydrogens (tertiary/aromatic N) is 1. The standard InChI is InChI=1S/C12H16F3N/c1-2-3-4-5-9-16(15)11-8-6-7-10(13)12(11)14/h6-8H,2-5,9H2,1H3. The summed E-state index contributed by atoms with van der Waals surface area (Å²) in [7, 11) is 0. The van der Waals surface area contributed by atoms with E-state index in [9.17, 15) is 13.3 Å². The minimum Gasteiger partial charge on any atom is -0.209 e. The fourth-order valence-corrected chi connectivity index (χ4v) is 1.48. The van der Waals surface area contributed by atoms with Gasteiger partial charge in [0.2, 0.25) is 0 Å². The first-order chi connectivity index (χ1) is 7.66. The average molecular weight is 231 g/mol. The van der Waals surface area contributed by atoms with Crippen LogP contribution in [0.25, 0.3) is 0 Å². The fraction of sp³-hybridized carbons (Fsp3) is 0.500. The molecule has 0 fully saturated rings. The third kappa shape index (κ3) is 3.43. The largest absolute Gasteiger partial charge is 0.209 e. The molecule has 0 unspecified atom stereocenters. The first-order valence-electron chi connectivity index (χ1n) is 5.54. The summed E-state index contributed by atoms with van der Waals surface area (Å²) < 4.78 is 39.4. The van der Waals surface area contributed by atoms with Gasteiger partial charge in [-0.1, -0.05) is 36.7 Å². The Hall–Kier alpha value is -1.19. The number of anilines is 1. The van der Waals surface area contributed by atoms with E-state index in [2.05, 4.69) is 6.92 Å². The van der Waals surface area contributed by atoms with Crippen molar-refractivity contribution in [3.8, 4) is 0 Å². The minimum absolute atomic E-state index is 0.0976. The molecule has 0 amide bonds. The average Bonchev–Trinajstić information content (AvgIpc) is 2.28. The summed E-state index contributed by atoms with van der Waals surface area (Å²) in [5.74, 6) is -2.14. The van der Waals surface area contributed by atoms with E-state index in [0.717, 1.165) is 25.3 Å². The molecule has 1 aromatic rings. The molecule has 0 saturated heterocycles. The van der Waals surface area contributed by atoms with Gasteiger partial charge in [0.25, 0.3) is 0 Å². The topological polar surface area (TPSA) is 3.24 Å². The zero-order chi connectivity index (χ0) is 12.0. The molecule has 0 N–H and O–H groups in total. The maximum absolute atomic E-state index is 13.4. The zero-order valence-corrected chi connectivity index (χ0v) is 9.35. The molecule has 0 aliphatic rings. The molecule has 4 heteroatoms. The van der Waals surface area contributed by atoms with Gasteiger partial charge < -0.3 is 0 Å². The molecule has 0 radical (unpaired) electrons. The Morgan fingerprint density at radius 3 is 2.56 bits per heavy atom. The van der Waals surface area contributed by atoms with Crippen molar-refractivity contribution in [2.24, 2.45) is 0 Å². The van der Waals surface area contributed by atoms with Crippen LogP contribution in [0.5, 0.6) is 0 Å². The molecule has 0 saturated carbocycles. The van der Waals surface area contributed by atoms with Crippen molar-refractivity contribution in [2.45, 2.75) is 32.6 Å². The Morgan fingerprint density at radius 2 is 1.88 bits per heavy atom. The maximum Gasteiger partial charge on any atom is 0.184 e. The van der Waals surface area contributed by atoms with Gasteiger partial charge in [-0.3, -0.25) is 0 Å². The zero-order valence-electron chi connectivity index (χ0n) is 9.35. The molecule has 0 heterocycles. The molecule has 1 nitrogen and oxygen atoms in total. The summed E-state index contributed by atoms with van der Waals surface area (Å²) in [5.41, 5.74) is -0.323. The number of unbranched alkanes of at least 4 members (excludes halogenated alkanes) is 3. The van der Waals surface area contributed by atoms with Gasteiger partial charge in [0.05, 0.1) is 6.54 Å². The van der Waals surface area contributed by atoms with Crippen LogP contribution < -0.4 is 5.12 Å². The highest BCUT2D eigenvalue weighted by Gasteiger charge is 2.13. The van der Waals surface area contributed by atoms with Crippen LogP contribution in [0.2, 0.25) is 0 Å². The van der Waals surface area contributed by atoms with E-state index < -0.39 is 11.6 Å². The van der Waals surface area contributed by atoms with E-state index in [1.807, 2.05) is 0 Å². The van der Waals surface area contributed by atoms with Gasteiger partial charge in [0.15, 0.2) is 11.6 Å². The van der Waals surface area contributed by atoms with Crippen molar-refractivity contribution in [1.82, 2.24) is 0 Å². The molecule has 1 rings (SSSR count). The third-order valence-electron chi connectivity index (χ3n) is 2.40. The summed E-state index contributed by atoms with van der Waals surface area (Å²) in [6.45, 7) is 2.15. The number of rotatable bonds is 6. The third-order valence-corrected chi connectivity index (χ3v) is 2.40. The van der Waals surface area contributed by atoms with Crippen LogP contribution in [0.3, 0.4) is 0 Å². The fourth-order valence-electron chi connectivity index (χ4n) is 1.48. The van der Waals surface area contributed by atoms with Gasteiger partial charge >= 0.3 is 0 Å². The van der Waals surface area contributed by atoms with Gasteiger partial charge in [-0.25, -0.2) is 13.9 Å². The second-order valence-electron chi connectivity index (χ2n) is 3.72. The summed E-state index contributed by atoms with van der Waals surface area (Å²) in [6.07, 6.45) is 3.62. The van der Waals surface area contributed by atoms with Crippen LogP contribution in [0, 0.1) is 11.6 Å². The number of hydrogen-bond donors (Lipinski definition) is 0. The van der Waals surface area contributed by atoms with Gasteiger partial charge in [0.1, 0.15) is 5.69 Å². The van der Waals surface area contributed by atoms with Crippen molar-refractivity contribution < 1.29 is 13.3 Å². The molecule has 0 aliphatic heterocycles. The molecule has 0 aliphatic carbocycles. The quantitative estimate of drug-likeness (QED) is 0.523. The van der Waals surface area contributed by atoms with Gasteiger partial charge in [-0.2, -0.15) is 0 Å². The van der Waals surface area contributed by atoms with Crippen LogP contribution in [0.1, 0.15) is 32.6 Å². The van der Waals surface area contributed by atoms with E-state index in [0.29, 0.717) is 6.42 Å². The summed E-state index contributed by atoms with van der Waals surface area (Å²) in [5, 5.41) is 0.272. The second-order valence-corrected chi connectivity index (χ2v) is 3.72. The monoisotopic (exact) mass is 231 g/mol. The highest BCUT2D eigenvalue weighted by molar-refractivity contribution is 5.45. The van der Waals surface area contributed by atoms with Gasteiger partial charge in [-0.05, 0) is 18.6 Å². The Bertz CT molecular complexity index is 328. The van der Waals surface area contributed by atoms with Crippen LogP contribution >= 0.6 is 0 Å².